The van der Waals surface area contributed by atoms with Crippen molar-refractivity contribution in [1.29, 1.82) is 0 Å². The van der Waals surface area contributed by atoms with Crippen LogP contribution in [-0.4, -0.2) is 48.2 Å². The van der Waals surface area contributed by atoms with Crippen molar-refractivity contribution in [3.63, 3.8) is 0 Å². The van der Waals surface area contributed by atoms with Crippen LogP contribution in [0.15, 0.2) is 42.6 Å². The Kier molecular flexibility index (Phi) is 4.19. The smallest absolute Gasteiger partial charge is 0.338 e. The lowest BCUT2D eigenvalue weighted by molar-refractivity contribution is -0.117. The second kappa shape index (κ2) is 6.50. The van der Waals surface area contributed by atoms with Gasteiger partial charge in [0.2, 0.25) is 5.91 Å². The van der Waals surface area contributed by atoms with Gasteiger partial charge >= 0.3 is 5.97 Å². The largest absolute Gasteiger partial charge is 0.459 e. The summed E-state index contributed by atoms with van der Waals surface area (Å²) in [6, 6.07) is 8.89. The maximum Gasteiger partial charge on any atom is 0.338 e. The molecule has 1 amide bonds. The van der Waals surface area contributed by atoms with E-state index in [-0.39, 0.29) is 49.2 Å². The molecule has 7 heteroatoms. The molecule has 0 aliphatic carbocycles. The van der Waals surface area contributed by atoms with E-state index < -0.39 is 0 Å². The molecule has 5 unspecified atom stereocenters. The monoisotopic (exact) mass is 344 g/mol. The van der Waals surface area contributed by atoms with Crippen molar-refractivity contribution < 1.29 is 23.8 Å². The van der Waals surface area contributed by atoms with E-state index in [1.165, 1.54) is 6.08 Å². The number of epoxide rings is 1. The molecule has 0 saturated carbocycles. The molecule has 3 aliphatic rings. The van der Waals surface area contributed by atoms with Crippen LogP contribution in [0.2, 0.25) is 0 Å². The Morgan fingerprint density at radius 3 is 2.88 bits per heavy atom. The molecule has 3 aliphatic heterocycles. The van der Waals surface area contributed by atoms with E-state index in [1.54, 1.807) is 30.5 Å². The minimum atomic E-state index is -0.352. The Hall–Kier alpha value is -2.38. The number of hydrogen-bond donors (Lipinski definition) is 1. The predicted molar refractivity (Wildman–Crippen MR) is 86.9 cm³/mol. The highest BCUT2D eigenvalue weighted by Crippen LogP contribution is 2.36. The zero-order valence-corrected chi connectivity index (χ0v) is 13.8. The average Bonchev–Trinajstić information content (AvgIpc) is 3.29. The van der Waals surface area contributed by atoms with Gasteiger partial charge in [0.15, 0.2) is 12.5 Å². The van der Waals surface area contributed by atoms with Gasteiger partial charge in [-0.05, 0) is 18.6 Å². The number of ether oxygens (including phenoxy) is 3. The molecule has 5 atom stereocenters. The third-order valence-electron chi connectivity index (χ3n) is 4.60. The summed E-state index contributed by atoms with van der Waals surface area (Å²) in [7, 11) is 0. The predicted octanol–water partition coefficient (Wildman–Crippen LogP) is 1.22. The molecule has 2 fully saturated rings. The first-order valence-corrected chi connectivity index (χ1v) is 8.41. The first-order valence-electron chi connectivity index (χ1n) is 8.41. The number of amides is 1. The van der Waals surface area contributed by atoms with Gasteiger partial charge in [-0.1, -0.05) is 25.1 Å². The highest BCUT2D eigenvalue weighted by atomic mass is 16.6. The Morgan fingerprint density at radius 1 is 1.28 bits per heavy atom. The average molecular weight is 344 g/mol. The van der Waals surface area contributed by atoms with Gasteiger partial charge in [-0.3, -0.25) is 4.79 Å². The number of esters is 1. The molecule has 1 N–H and O–H groups in total. The van der Waals surface area contributed by atoms with Crippen LogP contribution in [0.1, 0.15) is 23.7 Å². The SMILES string of the molecule is CC1CC(COC(=O)c2ccccc2)OC1N1C=CC(=O)NC2OC21. The fraction of sp³-hybridized carbons (Fsp3) is 0.444. The molecule has 1 aromatic carbocycles. The van der Waals surface area contributed by atoms with Crippen LogP contribution in [0.25, 0.3) is 0 Å². The van der Waals surface area contributed by atoms with Gasteiger partial charge in [-0.15, -0.1) is 0 Å². The van der Waals surface area contributed by atoms with Crippen molar-refractivity contribution in [2.24, 2.45) is 5.92 Å². The highest BCUT2D eigenvalue weighted by molar-refractivity contribution is 5.89. The Labute approximate surface area is 145 Å². The Balaban J connectivity index is 1.34. The van der Waals surface area contributed by atoms with Crippen molar-refractivity contribution in [1.82, 2.24) is 10.2 Å². The molecule has 132 valence electrons. The van der Waals surface area contributed by atoms with Gasteiger partial charge in [0.05, 0.1) is 11.7 Å². The number of nitrogens with one attached hydrogen (secondary N) is 1. The fourth-order valence-corrected chi connectivity index (χ4v) is 3.31. The summed E-state index contributed by atoms with van der Waals surface area (Å²) in [6.45, 7) is 2.29. The van der Waals surface area contributed by atoms with Crippen LogP contribution in [0.5, 0.6) is 0 Å². The molecule has 1 aromatic rings. The zero-order valence-electron chi connectivity index (χ0n) is 13.8. The molecule has 25 heavy (non-hydrogen) atoms. The zero-order chi connectivity index (χ0) is 17.4. The lowest BCUT2D eigenvalue weighted by Gasteiger charge is -2.27. The molecule has 0 aromatic heterocycles. The van der Waals surface area contributed by atoms with Crippen LogP contribution in [0.4, 0.5) is 0 Å². The van der Waals surface area contributed by atoms with Crippen molar-refractivity contribution in [2.75, 3.05) is 6.61 Å². The summed E-state index contributed by atoms with van der Waals surface area (Å²) in [4.78, 5) is 25.5. The fourth-order valence-electron chi connectivity index (χ4n) is 3.31. The summed E-state index contributed by atoms with van der Waals surface area (Å²) < 4.78 is 16.9. The molecule has 4 rings (SSSR count). The van der Waals surface area contributed by atoms with E-state index in [0.29, 0.717) is 5.56 Å². The quantitative estimate of drug-likeness (QED) is 0.653. The van der Waals surface area contributed by atoms with Gasteiger partial charge < -0.3 is 24.4 Å². The molecule has 0 bridgehead atoms. The van der Waals surface area contributed by atoms with Gasteiger partial charge in [0, 0.05) is 18.2 Å². The van der Waals surface area contributed by atoms with E-state index in [1.807, 2.05) is 11.0 Å². The summed E-state index contributed by atoms with van der Waals surface area (Å²) in [6.07, 6.45) is 3.11. The van der Waals surface area contributed by atoms with Crippen LogP contribution in [-0.2, 0) is 19.0 Å². The number of nitrogens with zero attached hydrogens (tertiary/aromatic N) is 1. The van der Waals surface area contributed by atoms with Gasteiger partial charge in [0.25, 0.3) is 0 Å². The minimum absolute atomic E-state index is 0.172. The van der Waals surface area contributed by atoms with Crippen molar-refractivity contribution in [3.05, 3.63) is 48.2 Å². The maximum atomic E-state index is 12.0. The third-order valence-corrected chi connectivity index (χ3v) is 4.60. The molecule has 3 heterocycles. The Morgan fingerprint density at radius 2 is 2.08 bits per heavy atom. The number of hydrogen-bond acceptors (Lipinski definition) is 6. The van der Waals surface area contributed by atoms with E-state index in [4.69, 9.17) is 14.2 Å². The second-order valence-electron chi connectivity index (χ2n) is 6.54. The number of carbonyl (C=O) groups excluding carboxylic acids is 2. The first-order chi connectivity index (χ1) is 12.1. The summed E-state index contributed by atoms with van der Waals surface area (Å²) in [5.74, 6) is -0.299. The summed E-state index contributed by atoms with van der Waals surface area (Å²) >= 11 is 0. The van der Waals surface area contributed by atoms with Crippen molar-refractivity contribution in [3.8, 4) is 0 Å². The Bertz CT molecular complexity index is 692. The van der Waals surface area contributed by atoms with Crippen molar-refractivity contribution >= 4 is 11.9 Å². The molecular formula is C18H20N2O5. The number of rotatable bonds is 4. The molecule has 2 saturated heterocycles. The third kappa shape index (κ3) is 3.38. The number of benzene rings is 1. The van der Waals surface area contributed by atoms with Crippen LogP contribution in [0.3, 0.4) is 0 Å². The highest BCUT2D eigenvalue weighted by Gasteiger charge is 2.50. The summed E-state index contributed by atoms with van der Waals surface area (Å²) in [5, 5.41) is 2.74. The van der Waals surface area contributed by atoms with Crippen LogP contribution in [0, 0.1) is 5.92 Å². The minimum Gasteiger partial charge on any atom is -0.459 e. The van der Waals surface area contributed by atoms with E-state index in [9.17, 15) is 9.59 Å². The number of carbonyl (C=O) groups is 2. The molecular weight excluding hydrogens is 324 g/mol. The van der Waals surface area contributed by atoms with Gasteiger partial charge in [-0.25, -0.2) is 4.79 Å². The van der Waals surface area contributed by atoms with Gasteiger partial charge in [0.1, 0.15) is 12.8 Å². The molecule has 7 nitrogen and oxygen atoms in total. The van der Waals surface area contributed by atoms with Crippen LogP contribution < -0.4 is 5.32 Å². The van der Waals surface area contributed by atoms with Crippen LogP contribution >= 0.6 is 0 Å². The molecule has 0 radical (unpaired) electrons. The topological polar surface area (TPSA) is 80.4 Å². The summed E-state index contributed by atoms with van der Waals surface area (Å²) in [5.41, 5.74) is 0.527. The van der Waals surface area contributed by atoms with Gasteiger partial charge in [-0.2, -0.15) is 0 Å². The lowest BCUT2D eigenvalue weighted by atomic mass is 10.1. The van der Waals surface area contributed by atoms with Crippen molar-refractivity contribution in [2.45, 2.75) is 38.1 Å². The number of fused-ring (bicyclic) bond motifs is 1. The second-order valence-corrected chi connectivity index (χ2v) is 6.54. The standard InChI is InChI=1S/C18H20N2O5/c1-11-9-13(10-23-18(22)12-5-3-2-4-6-12)24-16(11)20-8-7-14(21)19-15-17(20)25-15/h2-8,11,13,15-17H,9-10H2,1H3,(H,19,21). The lowest BCUT2D eigenvalue weighted by Crippen LogP contribution is -2.38. The maximum absolute atomic E-state index is 12.0. The van der Waals surface area contributed by atoms with E-state index in [2.05, 4.69) is 12.2 Å². The van der Waals surface area contributed by atoms with E-state index >= 15 is 0 Å². The van der Waals surface area contributed by atoms with E-state index in [0.717, 1.165) is 6.42 Å². The first kappa shape index (κ1) is 16.1. The normalized spacial score (nSPS) is 33.4. The molecule has 0 spiro atoms.